The SMILES string of the molecule is O=C(/C=C/c1cccc2cccnc12)NCCCOCC1CC1. The molecule has 0 bridgehead atoms. The van der Waals surface area contributed by atoms with Gasteiger partial charge < -0.3 is 10.1 Å². The topological polar surface area (TPSA) is 51.2 Å². The monoisotopic (exact) mass is 310 g/mol. The second kappa shape index (κ2) is 7.88. The van der Waals surface area contributed by atoms with Crippen LogP contribution in [0, 0.1) is 5.92 Å². The molecule has 0 atom stereocenters. The Morgan fingerprint density at radius 1 is 1.30 bits per heavy atom. The number of carbonyl (C=O) groups excluding carboxylic acids is 1. The van der Waals surface area contributed by atoms with Crippen LogP contribution in [0.25, 0.3) is 17.0 Å². The van der Waals surface area contributed by atoms with Gasteiger partial charge in [-0.1, -0.05) is 24.3 Å². The number of amides is 1. The highest BCUT2D eigenvalue weighted by Gasteiger charge is 2.20. The van der Waals surface area contributed by atoms with Crippen molar-refractivity contribution in [3.63, 3.8) is 0 Å². The smallest absolute Gasteiger partial charge is 0.244 e. The van der Waals surface area contributed by atoms with Crippen LogP contribution in [0.3, 0.4) is 0 Å². The minimum absolute atomic E-state index is 0.0832. The molecule has 0 aliphatic heterocycles. The fourth-order valence-corrected chi connectivity index (χ4v) is 2.41. The number of nitrogens with one attached hydrogen (secondary N) is 1. The molecule has 1 aliphatic carbocycles. The molecule has 1 fully saturated rings. The number of pyridine rings is 1. The Morgan fingerprint density at radius 2 is 2.17 bits per heavy atom. The van der Waals surface area contributed by atoms with Crippen LogP contribution >= 0.6 is 0 Å². The zero-order chi connectivity index (χ0) is 15.9. The Morgan fingerprint density at radius 3 is 3.04 bits per heavy atom. The molecule has 1 aliphatic rings. The molecule has 1 N–H and O–H groups in total. The number of para-hydroxylation sites is 1. The molecule has 2 aromatic rings. The number of aromatic nitrogens is 1. The maximum Gasteiger partial charge on any atom is 0.244 e. The predicted molar refractivity (Wildman–Crippen MR) is 91.9 cm³/mol. The molecule has 4 heteroatoms. The fraction of sp³-hybridized carbons (Fsp3) is 0.368. The van der Waals surface area contributed by atoms with E-state index in [9.17, 15) is 4.79 Å². The summed E-state index contributed by atoms with van der Waals surface area (Å²) in [4.78, 5) is 16.2. The van der Waals surface area contributed by atoms with Gasteiger partial charge in [0.25, 0.3) is 0 Å². The fourth-order valence-electron chi connectivity index (χ4n) is 2.41. The van der Waals surface area contributed by atoms with E-state index in [1.54, 1.807) is 12.3 Å². The summed E-state index contributed by atoms with van der Waals surface area (Å²) in [5.74, 6) is 0.710. The number of hydrogen-bond donors (Lipinski definition) is 1. The third-order valence-electron chi connectivity index (χ3n) is 3.89. The van der Waals surface area contributed by atoms with E-state index >= 15 is 0 Å². The average molecular weight is 310 g/mol. The molecule has 0 unspecified atom stereocenters. The summed E-state index contributed by atoms with van der Waals surface area (Å²) in [5.41, 5.74) is 1.86. The number of carbonyl (C=O) groups is 1. The van der Waals surface area contributed by atoms with Gasteiger partial charge in [-0.25, -0.2) is 0 Å². The Labute approximate surface area is 136 Å². The average Bonchev–Trinajstić information content (AvgIpc) is 3.40. The first-order valence-corrected chi connectivity index (χ1v) is 8.20. The zero-order valence-corrected chi connectivity index (χ0v) is 13.2. The van der Waals surface area contributed by atoms with Crippen LogP contribution in [0.5, 0.6) is 0 Å². The molecular weight excluding hydrogens is 288 g/mol. The molecule has 0 spiro atoms. The normalized spacial score (nSPS) is 14.4. The Kier molecular flexibility index (Phi) is 5.37. The van der Waals surface area contributed by atoms with Crippen LogP contribution in [0.15, 0.2) is 42.6 Å². The maximum atomic E-state index is 11.8. The second-order valence-electron chi connectivity index (χ2n) is 5.92. The van der Waals surface area contributed by atoms with Gasteiger partial charge in [0.1, 0.15) is 0 Å². The van der Waals surface area contributed by atoms with Crippen molar-refractivity contribution < 1.29 is 9.53 Å². The van der Waals surface area contributed by atoms with Crippen LogP contribution < -0.4 is 5.32 Å². The predicted octanol–water partition coefficient (Wildman–Crippen LogP) is 3.18. The van der Waals surface area contributed by atoms with Crippen LogP contribution in [0.2, 0.25) is 0 Å². The van der Waals surface area contributed by atoms with Crippen LogP contribution in [-0.4, -0.2) is 30.6 Å². The van der Waals surface area contributed by atoms with Crippen molar-refractivity contribution in [3.8, 4) is 0 Å². The van der Waals surface area contributed by atoms with Gasteiger partial charge in [0.05, 0.1) is 5.52 Å². The molecule has 1 amide bonds. The Bertz CT molecular complexity index is 687. The molecule has 1 aromatic heterocycles. The second-order valence-corrected chi connectivity index (χ2v) is 5.92. The van der Waals surface area contributed by atoms with Gasteiger partial charge in [0.15, 0.2) is 0 Å². The lowest BCUT2D eigenvalue weighted by atomic mass is 10.1. The number of fused-ring (bicyclic) bond motifs is 1. The van der Waals surface area contributed by atoms with E-state index in [0.717, 1.165) is 35.4 Å². The summed E-state index contributed by atoms with van der Waals surface area (Å²) in [5, 5.41) is 3.95. The van der Waals surface area contributed by atoms with E-state index in [1.807, 2.05) is 36.4 Å². The van der Waals surface area contributed by atoms with Gasteiger partial charge >= 0.3 is 0 Å². The molecule has 1 aromatic carbocycles. The van der Waals surface area contributed by atoms with Crippen molar-refractivity contribution in [2.45, 2.75) is 19.3 Å². The standard InChI is InChI=1S/C19H22N2O2/c22-18(20-12-3-13-23-14-15-7-8-15)10-9-17-5-1-4-16-6-2-11-21-19(16)17/h1-2,4-6,9-11,15H,3,7-8,12-14H2,(H,20,22)/b10-9+. The van der Waals surface area contributed by atoms with E-state index in [4.69, 9.17) is 4.74 Å². The molecular formula is C19H22N2O2. The minimum atomic E-state index is -0.0832. The van der Waals surface area contributed by atoms with Gasteiger partial charge in [-0.2, -0.15) is 0 Å². The van der Waals surface area contributed by atoms with E-state index in [0.29, 0.717) is 13.2 Å². The summed E-state index contributed by atoms with van der Waals surface area (Å²) >= 11 is 0. The van der Waals surface area contributed by atoms with Crippen molar-refractivity contribution in [2.24, 2.45) is 5.92 Å². The van der Waals surface area contributed by atoms with E-state index in [-0.39, 0.29) is 5.91 Å². The van der Waals surface area contributed by atoms with E-state index in [1.165, 1.54) is 12.8 Å². The summed E-state index contributed by atoms with van der Waals surface area (Å²) in [7, 11) is 0. The first-order valence-electron chi connectivity index (χ1n) is 8.20. The highest BCUT2D eigenvalue weighted by molar-refractivity contribution is 5.95. The van der Waals surface area contributed by atoms with Gasteiger partial charge in [0, 0.05) is 43.0 Å². The Hall–Kier alpha value is -2.20. The number of rotatable bonds is 8. The summed E-state index contributed by atoms with van der Waals surface area (Å²) in [6, 6.07) is 9.88. The molecule has 3 rings (SSSR count). The Balaban J connectivity index is 1.43. The van der Waals surface area contributed by atoms with Crippen molar-refractivity contribution >= 4 is 22.9 Å². The summed E-state index contributed by atoms with van der Waals surface area (Å²) in [6.07, 6.45) is 8.61. The summed E-state index contributed by atoms with van der Waals surface area (Å²) < 4.78 is 5.54. The first-order chi connectivity index (χ1) is 11.3. The lowest BCUT2D eigenvalue weighted by molar-refractivity contribution is -0.116. The van der Waals surface area contributed by atoms with Gasteiger partial charge in [-0.15, -0.1) is 0 Å². The third kappa shape index (κ3) is 4.89. The van der Waals surface area contributed by atoms with Crippen LogP contribution in [0.1, 0.15) is 24.8 Å². The lowest BCUT2D eigenvalue weighted by Gasteiger charge is -2.04. The number of ether oxygens (including phenoxy) is 1. The largest absolute Gasteiger partial charge is 0.381 e. The first kappa shape index (κ1) is 15.7. The molecule has 23 heavy (non-hydrogen) atoms. The van der Waals surface area contributed by atoms with Crippen molar-refractivity contribution in [1.29, 1.82) is 0 Å². The summed E-state index contributed by atoms with van der Waals surface area (Å²) in [6.45, 7) is 2.23. The molecule has 120 valence electrons. The molecule has 1 heterocycles. The van der Waals surface area contributed by atoms with Crippen molar-refractivity contribution in [3.05, 3.63) is 48.2 Å². The van der Waals surface area contributed by atoms with Crippen molar-refractivity contribution in [1.82, 2.24) is 10.3 Å². The van der Waals surface area contributed by atoms with Gasteiger partial charge in [-0.3, -0.25) is 9.78 Å². The highest BCUT2D eigenvalue weighted by Crippen LogP contribution is 2.28. The molecule has 4 nitrogen and oxygen atoms in total. The zero-order valence-electron chi connectivity index (χ0n) is 13.2. The number of nitrogens with zero attached hydrogens (tertiary/aromatic N) is 1. The lowest BCUT2D eigenvalue weighted by Crippen LogP contribution is -2.23. The van der Waals surface area contributed by atoms with Crippen molar-refractivity contribution in [2.75, 3.05) is 19.8 Å². The van der Waals surface area contributed by atoms with E-state index in [2.05, 4.69) is 10.3 Å². The molecule has 0 saturated heterocycles. The van der Waals surface area contributed by atoms with Crippen LogP contribution in [-0.2, 0) is 9.53 Å². The maximum absolute atomic E-state index is 11.8. The third-order valence-corrected chi connectivity index (χ3v) is 3.89. The van der Waals surface area contributed by atoms with Gasteiger partial charge in [0.2, 0.25) is 5.91 Å². The highest BCUT2D eigenvalue weighted by atomic mass is 16.5. The van der Waals surface area contributed by atoms with Gasteiger partial charge in [-0.05, 0) is 37.3 Å². The van der Waals surface area contributed by atoms with Crippen LogP contribution in [0.4, 0.5) is 0 Å². The number of benzene rings is 1. The molecule has 0 radical (unpaired) electrons. The van der Waals surface area contributed by atoms with E-state index < -0.39 is 0 Å². The number of hydrogen-bond acceptors (Lipinski definition) is 3. The minimum Gasteiger partial charge on any atom is -0.381 e. The molecule has 1 saturated carbocycles. The quantitative estimate of drug-likeness (QED) is 0.602.